The van der Waals surface area contributed by atoms with E-state index in [9.17, 15) is 33.6 Å². The molecule has 0 unspecified atom stereocenters. The molecule has 0 bridgehead atoms. The van der Waals surface area contributed by atoms with Crippen LogP contribution in [-0.4, -0.2) is 119 Å². The highest BCUT2D eigenvalue weighted by Crippen LogP contribution is 2.25. The van der Waals surface area contributed by atoms with E-state index in [0.717, 1.165) is 36.8 Å². The highest BCUT2D eigenvalue weighted by molar-refractivity contribution is 5.98. The molecule has 296 valence electrons. The van der Waals surface area contributed by atoms with Gasteiger partial charge in [0.25, 0.3) is 0 Å². The van der Waals surface area contributed by atoms with E-state index in [2.05, 4.69) is 16.0 Å². The highest BCUT2D eigenvalue weighted by Gasteiger charge is 2.43. The number of carbonyl (C=O) groups is 7. The molecule has 3 aliphatic heterocycles. The third-order valence-corrected chi connectivity index (χ3v) is 11.2. The number of likely N-dealkylation sites (N-methyl/N-ethyl adjacent to an activating group) is 1. The molecule has 1 aromatic carbocycles. The fourth-order valence-electron chi connectivity index (χ4n) is 7.76. The van der Waals surface area contributed by atoms with Gasteiger partial charge in [0.15, 0.2) is 0 Å². The topological polar surface area (TPSA) is 175 Å². The summed E-state index contributed by atoms with van der Waals surface area (Å²) in [6, 6.07) is 1.21. The Morgan fingerprint density at radius 2 is 1.54 bits per heavy atom. The molecule has 54 heavy (non-hydrogen) atoms. The van der Waals surface area contributed by atoms with Crippen LogP contribution in [0.4, 0.5) is 0 Å². The summed E-state index contributed by atoms with van der Waals surface area (Å²) in [5.41, 5.74) is 1.74. The fourth-order valence-corrected chi connectivity index (χ4v) is 7.76. The van der Waals surface area contributed by atoms with Gasteiger partial charge < -0.3 is 35.4 Å². The van der Waals surface area contributed by atoms with Gasteiger partial charge in [0.05, 0.1) is 0 Å². The molecule has 0 aromatic heterocycles. The number of amides is 6. The zero-order chi connectivity index (χ0) is 38.2. The van der Waals surface area contributed by atoms with Crippen molar-refractivity contribution in [3.8, 4) is 0 Å². The molecule has 14 nitrogen and oxygen atoms in total. The van der Waals surface area contributed by atoms with Gasteiger partial charge in [0, 0.05) is 26.6 Å². The number of benzene rings is 1. The minimum Gasteiger partial charge on any atom is -0.461 e. The normalized spacial score (nSPS) is 26.8. The maximum absolute atomic E-state index is 14.3. The molecule has 1 saturated carbocycles. The second kappa shape index (κ2) is 19.0. The first-order valence-electron chi connectivity index (χ1n) is 19.0. The van der Waals surface area contributed by atoms with Gasteiger partial charge in [-0.3, -0.25) is 28.8 Å². The molecule has 0 radical (unpaired) electrons. The number of hydrogen-bond acceptors (Lipinski definition) is 8. The van der Waals surface area contributed by atoms with Crippen LogP contribution in [0.3, 0.4) is 0 Å². The molecule has 0 spiro atoms. The van der Waals surface area contributed by atoms with Gasteiger partial charge in [-0.15, -0.1) is 0 Å². The van der Waals surface area contributed by atoms with Gasteiger partial charge >= 0.3 is 5.97 Å². The van der Waals surface area contributed by atoms with Crippen molar-refractivity contribution in [1.82, 2.24) is 30.7 Å². The number of fused-ring (bicyclic) bond motifs is 2. The van der Waals surface area contributed by atoms with Crippen molar-refractivity contribution in [1.29, 1.82) is 0 Å². The van der Waals surface area contributed by atoms with E-state index in [1.807, 2.05) is 37.3 Å². The lowest BCUT2D eigenvalue weighted by Crippen LogP contribution is -2.60. The monoisotopic (exact) mass is 750 g/mol. The number of esters is 1. The van der Waals surface area contributed by atoms with Crippen LogP contribution in [0, 0.1) is 12.8 Å². The number of nitrogens with one attached hydrogen (secondary N) is 3. The first-order chi connectivity index (χ1) is 25.3. The average Bonchev–Trinajstić information content (AvgIpc) is 3.85. The molecule has 4 fully saturated rings. The molecule has 6 amide bonds. The molecule has 3 N–H and O–H groups in total. The summed E-state index contributed by atoms with van der Waals surface area (Å²) >= 11 is 0. The highest BCUT2D eigenvalue weighted by atomic mass is 16.5. The smallest absolute Gasteiger partial charge is 0.328 e. The largest absolute Gasteiger partial charge is 0.461 e. The summed E-state index contributed by atoms with van der Waals surface area (Å²) in [6.45, 7) is 4.91. The molecule has 14 heteroatoms. The molecule has 1 aliphatic carbocycles. The van der Waals surface area contributed by atoms with E-state index in [1.54, 1.807) is 6.92 Å². The SMILES string of the molecule is C.Cc1ccccc1C[C@H](NC(=O)/C=C/C1CCCCC1)C(=O)N[C@H]1COC(=O)[C@@H]2CCCN2C(=O)[C@H](C)NC(=O)[C@H](C)N(C)C(=O)[C@@H]2CCCN2C1=O. The van der Waals surface area contributed by atoms with E-state index in [-0.39, 0.29) is 26.9 Å². The second-order valence-electron chi connectivity index (χ2n) is 14.9. The Hall–Kier alpha value is -4.75. The first kappa shape index (κ1) is 42.0. The van der Waals surface area contributed by atoms with Gasteiger partial charge in [0.2, 0.25) is 35.4 Å². The molecular formula is C40H58N6O8. The first-order valence-corrected chi connectivity index (χ1v) is 19.0. The van der Waals surface area contributed by atoms with Crippen molar-refractivity contribution in [2.45, 2.75) is 129 Å². The van der Waals surface area contributed by atoms with Crippen LogP contribution in [0.5, 0.6) is 0 Å². The van der Waals surface area contributed by atoms with Gasteiger partial charge in [0.1, 0.15) is 42.9 Å². The van der Waals surface area contributed by atoms with Crippen molar-refractivity contribution in [3.05, 3.63) is 47.5 Å². The van der Waals surface area contributed by atoms with Crippen molar-refractivity contribution < 1.29 is 38.3 Å². The van der Waals surface area contributed by atoms with E-state index < -0.39 is 84.3 Å². The number of rotatable bonds is 7. The van der Waals surface area contributed by atoms with Gasteiger partial charge in [-0.1, -0.05) is 57.0 Å². The lowest BCUT2D eigenvalue weighted by molar-refractivity contribution is -0.158. The Morgan fingerprint density at radius 3 is 2.22 bits per heavy atom. The quantitative estimate of drug-likeness (QED) is 0.281. The van der Waals surface area contributed by atoms with Crippen molar-refractivity contribution >= 4 is 41.4 Å². The fraction of sp³-hybridized carbons (Fsp3) is 0.625. The van der Waals surface area contributed by atoms with Crippen LogP contribution < -0.4 is 16.0 Å². The summed E-state index contributed by atoms with van der Waals surface area (Å²) in [7, 11) is 1.47. The zero-order valence-corrected chi connectivity index (χ0v) is 31.3. The maximum Gasteiger partial charge on any atom is 0.328 e. The lowest BCUT2D eigenvalue weighted by Gasteiger charge is -2.34. The standard InChI is InChI=1S/C39H54N6O8.CH4/c1-24-12-8-9-15-28(24)22-29(41-33(46)19-18-27-13-6-5-7-14-27)35(48)42-30-23-53-39(52)32-17-11-21-45(32)36(49)25(2)40-34(47)26(3)43(4)38(51)31-16-10-20-44(31)37(30)50;/h8-9,12,15,18-19,25-27,29-32H,5-7,10-11,13-14,16-17,20-23H2,1-4H3,(H,40,47)(H,41,46)(H,42,48);1H4/b19-18+;/t25-,26-,29-,30-,31-,32-;/m0./s1. The van der Waals surface area contributed by atoms with Crippen LogP contribution in [0.25, 0.3) is 0 Å². The Labute approximate surface area is 318 Å². The van der Waals surface area contributed by atoms with E-state index in [0.29, 0.717) is 31.6 Å². The van der Waals surface area contributed by atoms with Crippen LogP contribution in [0.2, 0.25) is 0 Å². The molecule has 4 aliphatic rings. The molecular weight excluding hydrogens is 692 g/mol. The summed E-state index contributed by atoms with van der Waals surface area (Å²) in [4.78, 5) is 99.6. The minimum atomic E-state index is -1.41. The number of nitrogens with zero attached hydrogens (tertiary/aromatic N) is 3. The average molecular weight is 751 g/mol. The number of allylic oxidation sites excluding steroid dienone is 1. The molecule has 3 saturated heterocycles. The Bertz CT molecular complexity index is 1590. The van der Waals surface area contributed by atoms with Crippen LogP contribution in [0.15, 0.2) is 36.4 Å². The number of hydrogen-bond donors (Lipinski definition) is 3. The third-order valence-electron chi connectivity index (χ3n) is 11.2. The summed E-state index contributed by atoms with van der Waals surface area (Å²) in [5, 5.41) is 8.26. The second-order valence-corrected chi connectivity index (χ2v) is 14.9. The number of ether oxygens (including phenoxy) is 1. The van der Waals surface area contributed by atoms with E-state index in [4.69, 9.17) is 4.74 Å². The van der Waals surface area contributed by atoms with Crippen LogP contribution in [0.1, 0.15) is 90.2 Å². The van der Waals surface area contributed by atoms with E-state index in [1.165, 1.54) is 41.2 Å². The molecule has 1 aromatic rings. The Morgan fingerprint density at radius 1 is 0.889 bits per heavy atom. The van der Waals surface area contributed by atoms with Crippen LogP contribution in [-0.2, 0) is 44.7 Å². The number of cyclic esters (lactones) is 1. The number of aryl methyl sites for hydroxylation is 1. The van der Waals surface area contributed by atoms with E-state index >= 15 is 0 Å². The van der Waals surface area contributed by atoms with Crippen molar-refractivity contribution in [2.75, 3.05) is 26.7 Å². The van der Waals surface area contributed by atoms with Gasteiger partial charge in [-0.2, -0.15) is 0 Å². The molecule has 5 rings (SSSR count). The molecule has 3 heterocycles. The minimum absolute atomic E-state index is 0. The van der Waals surface area contributed by atoms with Gasteiger partial charge in [-0.05, 0) is 82.4 Å². The summed E-state index contributed by atoms with van der Waals surface area (Å²) in [6.07, 6.45) is 10.6. The predicted molar refractivity (Wildman–Crippen MR) is 201 cm³/mol. The maximum atomic E-state index is 14.3. The summed E-state index contributed by atoms with van der Waals surface area (Å²) in [5.74, 6) is -3.67. The zero-order valence-electron chi connectivity index (χ0n) is 31.3. The van der Waals surface area contributed by atoms with Crippen LogP contribution >= 0.6 is 0 Å². The number of carbonyl (C=O) groups excluding carboxylic acids is 7. The summed E-state index contributed by atoms with van der Waals surface area (Å²) < 4.78 is 5.69. The van der Waals surface area contributed by atoms with Crippen molar-refractivity contribution in [3.63, 3.8) is 0 Å². The third kappa shape index (κ3) is 10.1. The van der Waals surface area contributed by atoms with Gasteiger partial charge in [-0.25, -0.2) is 4.79 Å². The Kier molecular flexibility index (Phi) is 14.8. The van der Waals surface area contributed by atoms with Crippen molar-refractivity contribution in [2.24, 2.45) is 5.92 Å². The Balaban J connectivity index is 0.00000650. The predicted octanol–water partition coefficient (Wildman–Crippen LogP) is 2.17. The lowest BCUT2D eigenvalue weighted by atomic mass is 9.89. The molecule has 6 atom stereocenters.